The van der Waals surface area contributed by atoms with Crippen LogP contribution < -0.4 is 4.74 Å². The number of rotatable bonds is 7. The highest BCUT2D eigenvalue weighted by Crippen LogP contribution is 2.28. The largest absolute Gasteiger partial charge is 0.489 e. The monoisotopic (exact) mass is 396 g/mol. The predicted molar refractivity (Wildman–Crippen MR) is 97.8 cm³/mol. The predicted octanol–water partition coefficient (Wildman–Crippen LogP) is 3.50. The second-order valence-electron chi connectivity index (χ2n) is 5.06. The fraction of sp³-hybridized carbons (Fsp3) is 0.188. The van der Waals surface area contributed by atoms with Gasteiger partial charge in [0.25, 0.3) is 0 Å². The van der Waals surface area contributed by atoms with Crippen LogP contribution in [-0.2, 0) is 0 Å². The van der Waals surface area contributed by atoms with Gasteiger partial charge in [-0.3, -0.25) is 0 Å². The van der Waals surface area contributed by atoms with E-state index in [9.17, 15) is 5.11 Å². The summed E-state index contributed by atoms with van der Waals surface area (Å²) in [4.78, 5) is 0. The Kier molecular flexibility index (Phi) is 6.14. The van der Waals surface area contributed by atoms with Gasteiger partial charge >= 0.3 is 0 Å². The Bertz CT molecular complexity index is 832. The number of aliphatic hydroxyl groups is 1. The molecule has 6 nitrogen and oxygen atoms in total. The van der Waals surface area contributed by atoms with Crippen LogP contribution in [0.5, 0.6) is 5.75 Å². The highest BCUT2D eigenvalue weighted by Gasteiger charge is 2.13. The molecule has 0 aliphatic heterocycles. The van der Waals surface area contributed by atoms with E-state index < -0.39 is 6.10 Å². The third-order valence-electron chi connectivity index (χ3n) is 3.17. The second kappa shape index (κ2) is 8.53. The van der Waals surface area contributed by atoms with E-state index in [0.29, 0.717) is 26.7 Å². The Morgan fingerprint density at radius 2 is 1.96 bits per heavy atom. The molecule has 1 atom stereocenters. The Morgan fingerprint density at radius 1 is 1.16 bits per heavy atom. The number of para-hydroxylation sites is 1. The van der Waals surface area contributed by atoms with Crippen LogP contribution >= 0.6 is 35.0 Å². The maximum atomic E-state index is 10.1. The molecule has 1 heterocycles. The van der Waals surface area contributed by atoms with Crippen LogP contribution in [0.2, 0.25) is 10.0 Å². The van der Waals surface area contributed by atoms with Crippen molar-refractivity contribution >= 4 is 35.0 Å². The number of thioether (sulfide) groups is 1. The van der Waals surface area contributed by atoms with Crippen molar-refractivity contribution < 1.29 is 9.84 Å². The topological polar surface area (TPSA) is 73.1 Å². The molecule has 0 radical (unpaired) electrons. The van der Waals surface area contributed by atoms with Crippen LogP contribution in [0, 0.1) is 0 Å². The molecule has 3 rings (SSSR count). The Morgan fingerprint density at radius 3 is 2.76 bits per heavy atom. The number of halogens is 2. The molecule has 9 heteroatoms. The molecule has 1 aromatic heterocycles. The molecule has 3 aromatic rings. The van der Waals surface area contributed by atoms with Gasteiger partial charge < -0.3 is 9.84 Å². The lowest BCUT2D eigenvalue weighted by molar-refractivity contribution is 0.126. The standard InChI is InChI=1S/C16H14Cl2N4O2S/c17-11-6-7-14(18)15(8-11)24-9-13(23)10-25-16-19-20-21-22(16)12-4-2-1-3-5-12/h1-8,13,23H,9-10H2/t13-/m0/s1. The van der Waals surface area contributed by atoms with Crippen LogP contribution in [0.4, 0.5) is 0 Å². The smallest absolute Gasteiger partial charge is 0.214 e. The van der Waals surface area contributed by atoms with Crippen molar-refractivity contribution in [3.8, 4) is 11.4 Å². The minimum atomic E-state index is -0.721. The minimum absolute atomic E-state index is 0.0833. The van der Waals surface area contributed by atoms with Gasteiger partial charge in [-0.15, -0.1) is 5.10 Å². The summed E-state index contributed by atoms with van der Waals surface area (Å²) in [7, 11) is 0. The van der Waals surface area contributed by atoms with Gasteiger partial charge in [0.15, 0.2) is 0 Å². The first-order valence-electron chi connectivity index (χ1n) is 7.36. The van der Waals surface area contributed by atoms with Gasteiger partial charge in [0.05, 0.1) is 16.8 Å². The molecule has 0 aliphatic carbocycles. The van der Waals surface area contributed by atoms with Gasteiger partial charge in [-0.2, -0.15) is 4.68 Å². The Balaban J connectivity index is 1.56. The minimum Gasteiger partial charge on any atom is -0.489 e. The molecule has 0 fully saturated rings. The highest BCUT2D eigenvalue weighted by atomic mass is 35.5. The highest BCUT2D eigenvalue weighted by molar-refractivity contribution is 7.99. The van der Waals surface area contributed by atoms with Gasteiger partial charge in [-0.05, 0) is 34.7 Å². The Labute approximate surface area is 158 Å². The van der Waals surface area contributed by atoms with Crippen molar-refractivity contribution in [2.75, 3.05) is 12.4 Å². The first-order chi connectivity index (χ1) is 12.1. The lowest BCUT2D eigenvalue weighted by atomic mass is 10.3. The van der Waals surface area contributed by atoms with Crippen molar-refractivity contribution in [2.24, 2.45) is 0 Å². The molecular weight excluding hydrogens is 383 g/mol. The number of nitrogens with zero attached hydrogens (tertiary/aromatic N) is 4. The summed E-state index contributed by atoms with van der Waals surface area (Å²) in [6.45, 7) is 0.0833. The van der Waals surface area contributed by atoms with E-state index in [1.54, 1.807) is 22.9 Å². The van der Waals surface area contributed by atoms with E-state index >= 15 is 0 Å². The van der Waals surface area contributed by atoms with Crippen LogP contribution in [0.1, 0.15) is 0 Å². The SMILES string of the molecule is O[C@@H](COc1cc(Cl)ccc1Cl)CSc1nnnn1-c1ccccc1. The molecule has 0 amide bonds. The zero-order valence-corrected chi connectivity index (χ0v) is 15.2. The number of ether oxygens (including phenoxy) is 1. The van der Waals surface area contributed by atoms with Gasteiger partial charge in [0.1, 0.15) is 12.4 Å². The average molecular weight is 397 g/mol. The summed E-state index contributed by atoms with van der Waals surface area (Å²) in [5, 5.41) is 23.3. The van der Waals surface area contributed by atoms with Crippen molar-refractivity contribution in [1.29, 1.82) is 0 Å². The summed E-state index contributed by atoms with van der Waals surface area (Å²) in [5.74, 6) is 0.804. The van der Waals surface area contributed by atoms with Crippen molar-refractivity contribution in [1.82, 2.24) is 20.2 Å². The van der Waals surface area contributed by atoms with E-state index in [-0.39, 0.29) is 6.61 Å². The molecule has 0 saturated heterocycles. The molecule has 0 unspecified atom stereocenters. The third kappa shape index (κ3) is 4.85. The number of aliphatic hydroxyl groups excluding tert-OH is 1. The lowest BCUT2D eigenvalue weighted by Gasteiger charge is -2.13. The fourth-order valence-corrected chi connectivity index (χ4v) is 3.12. The molecule has 1 N–H and O–H groups in total. The molecule has 25 heavy (non-hydrogen) atoms. The normalized spacial score (nSPS) is 12.1. The lowest BCUT2D eigenvalue weighted by Crippen LogP contribution is -2.20. The summed E-state index contributed by atoms with van der Waals surface area (Å²) >= 11 is 13.3. The zero-order chi connectivity index (χ0) is 17.6. The number of tetrazole rings is 1. The quantitative estimate of drug-likeness (QED) is 0.616. The maximum absolute atomic E-state index is 10.1. The van der Waals surface area contributed by atoms with Gasteiger partial charge in [-0.1, -0.05) is 53.2 Å². The molecule has 130 valence electrons. The zero-order valence-electron chi connectivity index (χ0n) is 12.9. The van der Waals surface area contributed by atoms with Crippen LogP contribution in [0.15, 0.2) is 53.7 Å². The fourth-order valence-electron chi connectivity index (χ4n) is 1.99. The van der Waals surface area contributed by atoms with E-state index in [4.69, 9.17) is 27.9 Å². The van der Waals surface area contributed by atoms with Crippen LogP contribution in [-0.4, -0.2) is 43.8 Å². The van der Waals surface area contributed by atoms with Crippen molar-refractivity contribution in [2.45, 2.75) is 11.3 Å². The van der Waals surface area contributed by atoms with E-state index in [0.717, 1.165) is 5.69 Å². The molecule has 0 saturated carbocycles. The van der Waals surface area contributed by atoms with Gasteiger partial charge in [0, 0.05) is 16.8 Å². The number of benzene rings is 2. The first kappa shape index (κ1) is 18.0. The molecule has 0 bridgehead atoms. The first-order valence-corrected chi connectivity index (χ1v) is 9.10. The van der Waals surface area contributed by atoms with E-state index in [2.05, 4.69) is 15.5 Å². The summed E-state index contributed by atoms with van der Waals surface area (Å²) in [6.07, 6.45) is -0.721. The average Bonchev–Trinajstić information content (AvgIpc) is 3.10. The van der Waals surface area contributed by atoms with Crippen molar-refractivity contribution in [3.63, 3.8) is 0 Å². The molecule has 0 spiro atoms. The van der Waals surface area contributed by atoms with Gasteiger partial charge in [-0.25, -0.2) is 0 Å². The van der Waals surface area contributed by atoms with Gasteiger partial charge in [0.2, 0.25) is 5.16 Å². The summed E-state index contributed by atoms with van der Waals surface area (Å²) < 4.78 is 7.14. The van der Waals surface area contributed by atoms with E-state index in [1.807, 2.05) is 30.3 Å². The second-order valence-corrected chi connectivity index (χ2v) is 6.89. The summed E-state index contributed by atoms with van der Waals surface area (Å²) in [5.41, 5.74) is 0.853. The van der Waals surface area contributed by atoms with Crippen LogP contribution in [0.3, 0.4) is 0 Å². The number of hydrogen-bond donors (Lipinski definition) is 1. The van der Waals surface area contributed by atoms with E-state index in [1.165, 1.54) is 11.8 Å². The molecule has 2 aromatic carbocycles. The maximum Gasteiger partial charge on any atom is 0.214 e. The third-order valence-corrected chi connectivity index (χ3v) is 4.78. The molecular formula is C16H14Cl2N4O2S. The summed E-state index contributed by atoms with van der Waals surface area (Å²) in [6, 6.07) is 14.5. The van der Waals surface area contributed by atoms with Crippen molar-refractivity contribution in [3.05, 3.63) is 58.6 Å². The molecule has 0 aliphatic rings. The Hall–Kier alpha value is -1.80. The van der Waals surface area contributed by atoms with Crippen LogP contribution in [0.25, 0.3) is 5.69 Å². The number of aromatic nitrogens is 4. The number of hydrogen-bond acceptors (Lipinski definition) is 6.